The van der Waals surface area contributed by atoms with Crippen LogP contribution in [0.15, 0.2) is 39.4 Å². The zero-order chi connectivity index (χ0) is 14.0. The largest absolute Gasteiger partial charge is 0.383 e. The standard InChI is InChI=1S/C12H8Br2ClN3O/c13-6-3-8(11(16)17-5-6)12(19)18-10-2-1-7(15)4-9(10)14/h1-5H,(H2,16,17)(H,18,19). The second-order valence-electron chi connectivity index (χ2n) is 3.66. The molecule has 0 spiro atoms. The highest BCUT2D eigenvalue weighted by molar-refractivity contribution is 9.10. The summed E-state index contributed by atoms with van der Waals surface area (Å²) in [6.07, 6.45) is 1.53. The Kier molecular flexibility index (Phi) is 4.44. The van der Waals surface area contributed by atoms with Crippen molar-refractivity contribution >= 4 is 60.9 Å². The number of rotatable bonds is 2. The molecule has 0 aliphatic rings. The topological polar surface area (TPSA) is 68.0 Å². The van der Waals surface area contributed by atoms with Gasteiger partial charge in [-0.05, 0) is 56.1 Å². The third-order valence-electron chi connectivity index (χ3n) is 2.31. The van der Waals surface area contributed by atoms with Crippen molar-refractivity contribution in [2.24, 2.45) is 0 Å². The first kappa shape index (κ1) is 14.3. The molecule has 0 fully saturated rings. The number of halogens is 3. The number of hydrogen-bond donors (Lipinski definition) is 2. The lowest BCUT2D eigenvalue weighted by atomic mass is 10.2. The summed E-state index contributed by atoms with van der Waals surface area (Å²) < 4.78 is 1.37. The molecule has 0 bridgehead atoms. The first-order valence-corrected chi connectivity index (χ1v) is 7.11. The fourth-order valence-corrected chi connectivity index (χ4v) is 2.53. The van der Waals surface area contributed by atoms with Gasteiger partial charge < -0.3 is 11.1 Å². The van der Waals surface area contributed by atoms with Crippen LogP contribution >= 0.6 is 43.5 Å². The molecule has 2 rings (SSSR count). The van der Waals surface area contributed by atoms with Gasteiger partial charge in [-0.3, -0.25) is 4.79 Å². The van der Waals surface area contributed by atoms with E-state index in [4.69, 9.17) is 17.3 Å². The van der Waals surface area contributed by atoms with Crippen LogP contribution in [0.4, 0.5) is 11.5 Å². The number of carbonyl (C=O) groups is 1. The van der Waals surface area contributed by atoms with E-state index in [1.54, 1.807) is 24.3 Å². The Morgan fingerprint density at radius 2 is 2.05 bits per heavy atom. The molecule has 1 aromatic carbocycles. The molecule has 98 valence electrons. The minimum absolute atomic E-state index is 0.172. The highest BCUT2D eigenvalue weighted by Crippen LogP contribution is 2.27. The Balaban J connectivity index is 2.28. The van der Waals surface area contributed by atoms with Gasteiger partial charge in [-0.1, -0.05) is 11.6 Å². The van der Waals surface area contributed by atoms with E-state index in [9.17, 15) is 4.79 Å². The predicted molar refractivity (Wildman–Crippen MR) is 83.5 cm³/mol. The summed E-state index contributed by atoms with van der Waals surface area (Å²) in [7, 11) is 0. The highest BCUT2D eigenvalue weighted by atomic mass is 79.9. The van der Waals surface area contributed by atoms with Gasteiger partial charge in [0.2, 0.25) is 0 Å². The van der Waals surface area contributed by atoms with Crippen molar-refractivity contribution in [2.45, 2.75) is 0 Å². The molecule has 4 nitrogen and oxygen atoms in total. The lowest BCUT2D eigenvalue weighted by Gasteiger charge is -2.09. The Labute approximate surface area is 131 Å². The van der Waals surface area contributed by atoms with E-state index >= 15 is 0 Å². The summed E-state index contributed by atoms with van der Waals surface area (Å²) in [4.78, 5) is 16.0. The molecule has 0 saturated heterocycles. The van der Waals surface area contributed by atoms with Crippen molar-refractivity contribution in [1.82, 2.24) is 4.98 Å². The molecule has 19 heavy (non-hydrogen) atoms. The number of nitrogens with two attached hydrogens (primary N) is 1. The van der Waals surface area contributed by atoms with Crippen LogP contribution < -0.4 is 11.1 Å². The third-order valence-corrected chi connectivity index (χ3v) is 3.63. The molecular formula is C12H8Br2ClN3O. The van der Waals surface area contributed by atoms with Crippen molar-refractivity contribution < 1.29 is 4.79 Å². The summed E-state index contributed by atoms with van der Waals surface area (Å²) in [6.45, 7) is 0. The van der Waals surface area contributed by atoms with Crippen molar-refractivity contribution in [3.63, 3.8) is 0 Å². The van der Waals surface area contributed by atoms with Gasteiger partial charge in [0.1, 0.15) is 5.82 Å². The summed E-state index contributed by atoms with van der Waals surface area (Å²) in [6, 6.07) is 6.69. The summed E-state index contributed by atoms with van der Waals surface area (Å²) in [5, 5.41) is 3.31. The smallest absolute Gasteiger partial charge is 0.259 e. The van der Waals surface area contributed by atoms with E-state index in [1.807, 2.05) is 0 Å². The average Bonchev–Trinajstić information content (AvgIpc) is 2.35. The Morgan fingerprint density at radius 3 is 2.74 bits per heavy atom. The van der Waals surface area contributed by atoms with Gasteiger partial charge in [0, 0.05) is 20.2 Å². The summed E-state index contributed by atoms with van der Waals surface area (Å²) >= 11 is 12.4. The third kappa shape index (κ3) is 3.46. The lowest BCUT2D eigenvalue weighted by Crippen LogP contribution is -2.15. The molecule has 0 unspecified atom stereocenters. The number of benzene rings is 1. The first-order valence-electron chi connectivity index (χ1n) is 5.15. The van der Waals surface area contributed by atoms with Crippen LogP contribution in [-0.4, -0.2) is 10.9 Å². The highest BCUT2D eigenvalue weighted by Gasteiger charge is 2.13. The molecule has 2 aromatic rings. The van der Waals surface area contributed by atoms with Crippen LogP contribution in [0.3, 0.4) is 0 Å². The molecule has 7 heteroatoms. The second kappa shape index (κ2) is 5.90. The van der Waals surface area contributed by atoms with E-state index < -0.39 is 0 Å². The van der Waals surface area contributed by atoms with Gasteiger partial charge in [-0.15, -0.1) is 0 Å². The number of hydrogen-bond acceptors (Lipinski definition) is 3. The van der Waals surface area contributed by atoms with E-state index in [2.05, 4.69) is 42.2 Å². The molecule has 1 aromatic heterocycles. The normalized spacial score (nSPS) is 10.3. The molecule has 0 atom stereocenters. The average molecular weight is 405 g/mol. The van der Waals surface area contributed by atoms with E-state index in [1.165, 1.54) is 6.20 Å². The number of carbonyl (C=O) groups excluding carboxylic acids is 1. The Bertz CT molecular complexity index is 649. The van der Waals surface area contributed by atoms with Crippen molar-refractivity contribution in [3.05, 3.63) is 50.0 Å². The van der Waals surface area contributed by atoms with Crippen molar-refractivity contribution in [1.29, 1.82) is 0 Å². The van der Waals surface area contributed by atoms with Crippen LogP contribution in [0.1, 0.15) is 10.4 Å². The van der Waals surface area contributed by atoms with E-state index in [0.717, 1.165) is 0 Å². The maximum Gasteiger partial charge on any atom is 0.259 e. The quantitative estimate of drug-likeness (QED) is 0.791. The fourth-order valence-electron chi connectivity index (χ4n) is 1.41. The van der Waals surface area contributed by atoms with Gasteiger partial charge in [0.05, 0.1) is 11.3 Å². The Morgan fingerprint density at radius 1 is 1.32 bits per heavy atom. The number of aromatic nitrogens is 1. The van der Waals surface area contributed by atoms with Crippen LogP contribution in [0, 0.1) is 0 Å². The number of nitrogen functional groups attached to an aromatic ring is 1. The molecule has 0 saturated carbocycles. The van der Waals surface area contributed by atoms with E-state index in [-0.39, 0.29) is 11.7 Å². The maximum absolute atomic E-state index is 12.1. The van der Waals surface area contributed by atoms with Crippen LogP contribution in [0.25, 0.3) is 0 Å². The summed E-state index contributed by atoms with van der Waals surface area (Å²) in [5.41, 5.74) is 6.59. The molecule has 0 aliphatic heterocycles. The molecule has 1 heterocycles. The zero-order valence-electron chi connectivity index (χ0n) is 9.45. The van der Waals surface area contributed by atoms with Gasteiger partial charge >= 0.3 is 0 Å². The van der Waals surface area contributed by atoms with Gasteiger partial charge in [0.15, 0.2) is 0 Å². The number of anilines is 2. The SMILES string of the molecule is Nc1ncc(Br)cc1C(=O)Nc1ccc(Cl)cc1Br. The second-order valence-corrected chi connectivity index (χ2v) is 5.87. The Hall–Kier alpha value is -1.11. The minimum atomic E-state index is -0.339. The van der Waals surface area contributed by atoms with Crippen LogP contribution in [-0.2, 0) is 0 Å². The minimum Gasteiger partial charge on any atom is -0.383 e. The molecule has 1 amide bonds. The van der Waals surface area contributed by atoms with Crippen LogP contribution in [0.5, 0.6) is 0 Å². The van der Waals surface area contributed by atoms with Gasteiger partial charge in [0.25, 0.3) is 5.91 Å². The predicted octanol–water partition coefficient (Wildman–Crippen LogP) is 4.09. The number of nitrogens with one attached hydrogen (secondary N) is 1. The molecule has 3 N–H and O–H groups in total. The number of nitrogens with zero attached hydrogens (tertiary/aromatic N) is 1. The van der Waals surface area contributed by atoms with Crippen LogP contribution in [0.2, 0.25) is 5.02 Å². The molecule has 0 radical (unpaired) electrons. The van der Waals surface area contributed by atoms with Gasteiger partial charge in [-0.2, -0.15) is 0 Å². The van der Waals surface area contributed by atoms with Crippen molar-refractivity contribution in [2.75, 3.05) is 11.1 Å². The molecule has 0 aliphatic carbocycles. The fraction of sp³-hybridized carbons (Fsp3) is 0. The number of pyridine rings is 1. The zero-order valence-corrected chi connectivity index (χ0v) is 13.4. The van der Waals surface area contributed by atoms with Crippen molar-refractivity contribution in [3.8, 4) is 0 Å². The monoisotopic (exact) mass is 403 g/mol. The maximum atomic E-state index is 12.1. The first-order chi connectivity index (χ1) is 8.97. The van der Waals surface area contributed by atoms with E-state index in [0.29, 0.717) is 25.2 Å². The van der Waals surface area contributed by atoms with Gasteiger partial charge in [-0.25, -0.2) is 4.98 Å². The number of amides is 1. The molecular weight excluding hydrogens is 397 g/mol. The lowest BCUT2D eigenvalue weighted by molar-refractivity contribution is 0.102. The summed E-state index contributed by atoms with van der Waals surface area (Å²) in [5.74, 6) is -0.167.